The van der Waals surface area contributed by atoms with E-state index >= 15 is 0 Å². The van der Waals surface area contributed by atoms with Gasteiger partial charge in [0.25, 0.3) is 0 Å². The monoisotopic (exact) mass is 208 g/mol. The Morgan fingerprint density at radius 1 is 1.13 bits per heavy atom. The van der Waals surface area contributed by atoms with Crippen molar-refractivity contribution in [3.8, 4) is 0 Å². The van der Waals surface area contributed by atoms with Crippen molar-refractivity contribution in [3.05, 3.63) is 60.2 Å². The van der Waals surface area contributed by atoms with Gasteiger partial charge in [-0.25, -0.2) is 8.78 Å². The van der Waals surface area contributed by atoms with E-state index in [4.69, 9.17) is 0 Å². The summed E-state index contributed by atoms with van der Waals surface area (Å²) in [5, 5.41) is 0. The molecule has 80 valence electrons. The Hall–Kier alpha value is -1.44. The molecule has 0 nitrogen and oxygen atoms in total. The maximum Gasteiger partial charge on any atom is 0.144 e. The van der Waals surface area contributed by atoms with Gasteiger partial charge < -0.3 is 0 Å². The maximum atomic E-state index is 13.6. The van der Waals surface area contributed by atoms with Gasteiger partial charge in [0.2, 0.25) is 0 Å². The third-order valence-corrected chi connectivity index (χ3v) is 2.34. The molecule has 0 N–H and O–H groups in total. The van der Waals surface area contributed by atoms with E-state index in [0.29, 0.717) is 11.1 Å². The third kappa shape index (κ3) is 2.32. The van der Waals surface area contributed by atoms with Crippen LogP contribution in [0.4, 0.5) is 8.78 Å². The molecule has 0 aliphatic carbocycles. The Morgan fingerprint density at radius 3 is 2.27 bits per heavy atom. The van der Waals surface area contributed by atoms with Gasteiger partial charge in [0.15, 0.2) is 0 Å². The minimum atomic E-state index is -1.34. The molecule has 0 heterocycles. The van der Waals surface area contributed by atoms with Crippen LogP contribution in [-0.4, -0.2) is 0 Å². The second kappa shape index (κ2) is 4.87. The van der Waals surface area contributed by atoms with Gasteiger partial charge in [-0.2, -0.15) is 0 Å². The summed E-state index contributed by atoms with van der Waals surface area (Å²) in [7, 11) is 0. The van der Waals surface area contributed by atoms with Gasteiger partial charge in [0.05, 0.1) is 0 Å². The predicted molar refractivity (Wildman–Crippen MR) is 59.3 cm³/mol. The molecule has 0 aliphatic heterocycles. The lowest BCUT2D eigenvalue weighted by Gasteiger charge is -2.15. The second-order valence-corrected chi connectivity index (χ2v) is 3.35. The molecule has 0 aliphatic rings. The zero-order valence-electron chi connectivity index (χ0n) is 8.71. The van der Waals surface area contributed by atoms with Crippen molar-refractivity contribution in [3.63, 3.8) is 0 Å². The average Bonchev–Trinajstić information content (AvgIpc) is 2.26. The summed E-state index contributed by atoms with van der Waals surface area (Å²) in [4.78, 5) is 0. The molecule has 0 spiro atoms. The van der Waals surface area contributed by atoms with Gasteiger partial charge in [-0.1, -0.05) is 43.5 Å². The maximum absolute atomic E-state index is 13.6. The van der Waals surface area contributed by atoms with Crippen LogP contribution in [0.25, 0.3) is 0 Å². The predicted octanol–water partition coefficient (Wildman–Crippen LogP) is 4.39. The first kappa shape index (κ1) is 11.6. The first-order chi connectivity index (χ1) is 7.11. The Kier molecular flexibility index (Phi) is 3.78. The van der Waals surface area contributed by atoms with E-state index in [0.717, 1.165) is 11.6 Å². The van der Waals surface area contributed by atoms with E-state index in [-0.39, 0.29) is 0 Å². The molecular weight excluding hydrogens is 194 g/mol. The number of benzene rings is 1. The van der Waals surface area contributed by atoms with Gasteiger partial charge >= 0.3 is 0 Å². The van der Waals surface area contributed by atoms with Gasteiger partial charge in [0.1, 0.15) is 12.3 Å². The molecule has 1 aromatic rings. The molecule has 0 saturated carbocycles. The summed E-state index contributed by atoms with van der Waals surface area (Å²) < 4.78 is 27.0. The highest BCUT2D eigenvalue weighted by Crippen LogP contribution is 2.32. The summed E-state index contributed by atoms with van der Waals surface area (Å²) in [6.07, 6.45) is -0.340. The quantitative estimate of drug-likeness (QED) is 0.644. The molecule has 2 unspecified atom stereocenters. The fraction of sp³-hybridized carbons (Fsp3) is 0.231. The van der Waals surface area contributed by atoms with Crippen LogP contribution in [0.15, 0.2) is 43.5 Å². The van der Waals surface area contributed by atoms with Crippen molar-refractivity contribution in [2.24, 2.45) is 0 Å². The number of aryl methyl sites for hydroxylation is 1. The van der Waals surface area contributed by atoms with E-state index < -0.39 is 12.3 Å². The fourth-order valence-corrected chi connectivity index (χ4v) is 1.57. The number of halogens is 2. The topological polar surface area (TPSA) is 0 Å². The zero-order valence-corrected chi connectivity index (χ0v) is 8.71. The summed E-state index contributed by atoms with van der Waals surface area (Å²) in [6.45, 7) is 8.51. The smallest absolute Gasteiger partial charge is 0.144 e. The molecule has 1 aromatic carbocycles. The highest BCUT2D eigenvalue weighted by atomic mass is 19.1. The van der Waals surface area contributed by atoms with Crippen molar-refractivity contribution >= 4 is 0 Å². The van der Waals surface area contributed by atoms with E-state index in [1.165, 1.54) is 6.08 Å². The average molecular weight is 208 g/mol. The standard InChI is InChI=1S/C13H14F2/c1-4-11(14)10-8-6-7-9(3)13(10)12(15)5-2/h4-8,11-12H,1-2H2,3H3. The molecule has 0 amide bonds. The minimum Gasteiger partial charge on any atom is -0.238 e. The summed E-state index contributed by atoms with van der Waals surface area (Å²) >= 11 is 0. The number of rotatable bonds is 4. The molecular formula is C13H14F2. The van der Waals surface area contributed by atoms with Crippen molar-refractivity contribution in [1.82, 2.24) is 0 Å². The third-order valence-electron chi connectivity index (χ3n) is 2.34. The normalized spacial score (nSPS) is 14.3. The Balaban J connectivity index is 3.31. The molecule has 1 rings (SSSR count). The van der Waals surface area contributed by atoms with E-state index in [9.17, 15) is 8.78 Å². The van der Waals surface area contributed by atoms with E-state index in [1.807, 2.05) is 0 Å². The molecule has 2 heteroatoms. The van der Waals surface area contributed by atoms with Crippen LogP contribution in [0, 0.1) is 6.92 Å². The van der Waals surface area contributed by atoms with E-state index in [2.05, 4.69) is 13.2 Å². The lowest BCUT2D eigenvalue weighted by atomic mass is 9.95. The largest absolute Gasteiger partial charge is 0.238 e. The van der Waals surface area contributed by atoms with Crippen molar-refractivity contribution < 1.29 is 8.78 Å². The Labute approximate surface area is 88.9 Å². The molecule has 15 heavy (non-hydrogen) atoms. The van der Waals surface area contributed by atoms with Crippen LogP contribution >= 0.6 is 0 Å². The Bertz CT molecular complexity index is 369. The van der Waals surface area contributed by atoms with Crippen molar-refractivity contribution in [2.75, 3.05) is 0 Å². The van der Waals surface area contributed by atoms with Crippen LogP contribution in [0.1, 0.15) is 29.0 Å². The summed E-state index contributed by atoms with van der Waals surface area (Å²) in [5.41, 5.74) is 1.42. The first-order valence-corrected chi connectivity index (χ1v) is 4.74. The first-order valence-electron chi connectivity index (χ1n) is 4.74. The van der Waals surface area contributed by atoms with Crippen LogP contribution in [0.5, 0.6) is 0 Å². The van der Waals surface area contributed by atoms with Crippen molar-refractivity contribution in [2.45, 2.75) is 19.3 Å². The number of alkyl halides is 2. The number of allylic oxidation sites excluding steroid dienone is 2. The van der Waals surface area contributed by atoms with Crippen LogP contribution in [0.3, 0.4) is 0 Å². The number of hydrogen-bond donors (Lipinski definition) is 0. The second-order valence-electron chi connectivity index (χ2n) is 3.35. The molecule has 0 fully saturated rings. The SMILES string of the molecule is C=CC(F)c1cccc(C)c1C(F)C=C. The van der Waals surface area contributed by atoms with Gasteiger partial charge in [-0.05, 0) is 23.6 Å². The number of hydrogen-bond acceptors (Lipinski definition) is 0. The van der Waals surface area contributed by atoms with Gasteiger partial charge in [-0.3, -0.25) is 0 Å². The molecule has 0 saturated heterocycles. The Morgan fingerprint density at radius 2 is 1.73 bits per heavy atom. The zero-order chi connectivity index (χ0) is 11.4. The van der Waals surface area contributed by atoms with E-state index in [1.54, 1.807) is 25.1 Å². The highest BCUT2D eigenvalue weighted by Gasteiger charge is 2.18. The lowest BCUT2D eigenvalue weighted by molar-refractivity contribution is 0.381. The molecule has 0 radical (unpaired) electrons. The fourth-order valence-electron chi connectivity index (χ4n) is 1.57. The molecule has 0 bridgehead atoms. The highest BCUT2D eigenvalue weighted by molar-refractivity contribution is 5.40. The van der Waals surface area contributed by atoms with Crippen LogP contribution in [-0.2, 0) is 0 Å². The van der Waals surface area contributed by atoms with Crippen LogP contribution < -0.4 is 0 Å². The molecule has 2 atom stereocenters. The summed E-state index contributed by atoms with van der Waals surface area (Å²) in [5.74, 6) is 0. The van der Waals surface area contributed by atoms with Gasteiger partial charge in [0, 0.05) is 0 Å². The lowest BCUT2D eigenvalue weighted by Crippen LogP contribution is -2.00. The van der Waals surface area contributed by atoms with Gasteiger partial charge in [-0.15, -0.1) is 0 Å². The van der Waals surface area contributed by atoms with Crippen molar-refractivity contribution in [1.29, 1.82) is 0 Å². The van der Waals surface area contributed by atoms with Crippen LogP contribution in [0.2, 0.25) is 0 Å². The molecule has 0 aromatic heterocycles. The minimum absolute atomic E-state index is 0.331. The summed E-state index contributed by atoms with van der Waals surface area (Å²) in [6, 6.07) is 5.04.